The van der Waals surface area contributed by atoms with Crippen molar-refractivity contribution in [2.45, 2.75) is 46.0 Å². The minimum absolute atomic E-state index is 0.0944. The Kier molecular flexibility index (Phi) is 4.05. The first-order chi connectivity index (χ1) is 6.61. The maximum atomic E-state index is 11.2. The number of ketones is 2. The van der Waals surface area contributed by atoms with Gasteiger partial charge in [0.2, 0.25) is 0 Å². The molecule has 0 aliphatic heterocycles. The zero-order chi connectivity index (χ0) is 10.6. The van der Waals surface area contributed by atoms with Crippen LogP contribution < -0.4 is 0 Å². The van der Waals surface area contributed by atoms with Crippen molar-refractivity contribution in [3.63, 3.8) is 0 Å². The van der Waals surface area contributed by atoms with Crippen molar-refractivity contribution in [2.75, 3.05) is 0 Å². The standard InChI is InChI=1S/C12H18O2/c1-9(13)12(10(2)14)8-11-6-4-3-5-7-11/h8,11H,3-7H2,1-2H3. The molecule has 2 nitrogen and oxygen atoms in total. The number of rotatable bonds is 3. The van der Waals surface area contributed by atoms with E-state index in [2.05, 4.69) is 0 Å². The summed E-state index contributed by atoms with van der Waals surface area (Å²) in [6.45, 7) is 2.94. The molecule has 1 aliphatic rings. The maximum absolute atomic E-state index is 11.2. The van der Waals surface area contributed by atoms with E-state index in [1.807, 2.05) is 6.08 Å². The number of carbonyl (C=O) groups is 2. The summed E-state index contributed by atoms with van der Waals surface area (Å²) < 4.78 is 0. The molecule has 0 unspecified atom stereocenters. The zero-order valence-corrected chi connectivity index (χ0v) is 9.01. The van der Waals surface area contributed by atoms with Gasteiger partial charge in [0.15, 0.2) is 11.6 Å². The first-order valence-electron chi connectivity index (χ1n) is 5.35. The van der Waals surface area contributed by atoms with Crippen LogP contribution in [0.15, 0.2) is 11.6 Å². The minimum atomic E-state index is -0.0944. The van der Waals surface area contributed by atoms with Gasteiger partial charge in [0.05, 0.1) is 5.57 Å². The van der Waals surface area contributed by atoms with Gasteiger partial charge in [-0.15, -0.1) is 0 Å². The number of allylic oxidation sites excluding steroid dienone is 2. The highest BCUT2D eigenvalue weighted by Crippen LogP contribution is 2.25. The van der Waals surface area contributed by atoms with Gasteiger partial charge in [-0.2, -0.15) is 0 Å². The van der Waals surface area contributed by atoms with Gasteiger partial charge in [0.1, 0.15) is 0 Å². The van der Waals surface area contributed by atoms with Crippen molar-refractivity contribution in [1.82, 2.24) is 0 Å². The molecule has 0 aromatic carbocycles. The van der Waals surface area contributed by atoms with Gasteiger partial charge in [-0.3, -0.25) is 9.59 Å². The van der Waals surface area contributed by atoms with Crippen molar-refractivity contribution >= 4 is 11.6 Å². The van der Waals surface area contributed by atoms with E-state index >= 15 is 0 Å². The van der Waals surface area contributed by atoms with Crippen LogP contribution in [0.2, 0.25) is 0 Å². The third kappa shape index (κ3) is 3.09. The molecule has 1 saturated carbocycles. The van der Waals surface area contributed by atoms with Gasteiger partial charge in [0, 0.05) is 0 Å². The molecule has 78 valence electrons. The van der Waals surface area contributed by atoms with Gasteiger partial charge in [-0.05, 0) is 32.6 Å². The van der Waals surface area contributed by atoms with Crippen LogP contribution in [0.5, 0.6) is 0 Å². The fraction of sp³-hybridized carbons (Fsp3) is 0.667. The molecule has 0 saturated heterocycles. The average Bonchev–Trinajstić information content (AvgIpc) is 2.15. The Morgan fingerprint density at radius 2 is 1.50 bits per heavy atom. The Labute approximate surface area is 85.4 Å². The Balaban J connectivity index is 2.70. The van der Waals surface area contributed by atoms with E-state index in [-0.39, 0.29) is 11.6 Å². The predicted octanol–water partition coefficient (Wildman–Crippen LogP) is 2.67. The molecule has 2 heteroatoms. The molecule has 1 aliphatic carbocycles. The Morgan fingerprint density at radius 1 is 1.00 bits per heavy atom. The van der Waals surface area contributed by atoms with Gasteiger partial charge in [-0.1, -0.05) is 25.3 Å². The second-order valence-corrected chi connectivity index (χ2v) is 4.09. The third-order valence-corrected chi connectivity index (χ3v) is 2.81. The normalized spacial score (nSPS) is 17.6. The molecule has 14 heavy (non-hydrogen) atoms. The molecular weight excluding hydrogens is 176 g/mol. The monoisotopic (exact) mass is 194 g/mol. The van der Waals surface area contributed by atoms with E-state index in [1.54, 1.807) is 0 Å². The molecule has 1 fully saturated rings. The van der Waals surface area contributed by atoms with Crippen LogP contribution in [-0.2, 0) is 9.59 Å². The fourth-order valence-corrected chi connectivity index (χ4v) is 2.02. The topological polar surface area (TPSA) is 34.1 Å². The third-order valence-electron chi connectivity index (χ3n) is 2.81. The van der Waals surface area contributed by atoms with E-state index in [1.165, 1.54) is 33.1 Å². The zero-order valence-electron chi connectivity index (χ0n) is 9.01. The molecule has 0 bridgehead atoms. The Bertz CT molecular complexity index is 241. The molecular formula is C12H18O2. The van der Waals surface area contributed by atoms with E-state index in [4.69, 9.17) is 0 Å². The molecule has 0 aromatic heterocycles. The average molecular weight is 194 g/mol. The van der Waals surface area contributed by atoms with Crippen LogP contribution in [0.3, 0.4) is 0 Å². The number of hydrogen-bond donors (Lipinski definition) is 0. The minimum Gasteiger partial charge on any atom is -0.294 e. The summed E-state index contributed by atoms with van der Waals surface area (Å²) in [6, 6.07) is 0. The molecule has 0 aromatic rings. The van der Waals surface area contributed by atoms with Gasteiger partial charge in [-0.25, -0.2) is 0 Å². The van der Waals surface area contributed by atoms with E-state index in [0.717, 1.165) is 12.8 Å². The summed E-state index contributed by atoms with van der Waals surface area (Å²) in [7, 11) is 0. The molecule has 0 spiro atoms. The van der Waals surface area contributed by atoms with Gasteiger partial charge >= 0.3 is 0 Å². The van der Waals surface area contributed by atoms with Crippen LogP contribution in [-0.4, -0.2) is 11.6 Å². The van der Waals surface area contributed by atoms with Crippen LogP contribution in [0.4, 0.5) is 0 Å². The molecule has 0 N–H and O–H groups in total. The molecule has 0 amide bonds. The van der Waals surface area contributed by atoms with Crippen molar-refractivity contribution < 1.29 is 9.59 Å². The van der Waals surface area contributed by atoms with Crippen LogP contribution >= 0.6 is 0 Å². The number of hydrogen-bond acceptors (Lipinski definition) is 2. The molecule has 0 radical (unpaired) electrons. The summed E-state index contributed by atoms with van der Waals surface area (Å²) in [6.07, 6.45) is 7.90. The quantitative estimate of drug-likeness (QED) is 0.393. The second kappa shape index (κ2) is 5.08. The highest BCUT2D eigenvalue weighted by Gasteiger charge is 2.15. The van der Waals surface area contributed by atoms with Crippen LogP contribution in [0, 0.1) is 5.92 Å². The van der Waals surface area contributed by atoms with Crippen LogP contribution in [0.25, 0.3) is 0 Å². The van der Waals surface area contributed by atoms with Gasteiger partial charge in [0.25, 0.3) is 0 Å². The first kappa shape index (κ1) is 11.2. The smallest absolute Gasteiger partial charge is 0.163 e. The Hall–Kier alpha value is -0.920. The summed E-state index contributed by atoms with van der Waals surface area (Å²) in [4.78, 5) is 22.3. The Morgan fingerprint density at radius 3 is 1.93 bits per heavy atom. The summed E-state index contributed by atoms with van der Waals surface area (Å²) in [5.74, 6) is 0.262. The van der Waals surface area contributed by atoms with E-state index < -0.39 is 0 Å². The maximum Gasteiger partial charge on any atom is 0.163 e. The summed E-state index contributed by atoms with van der Waals surface area (Å²) >= 11 is 0. The predicted molar refractivity (Wildman–Crippen MR) is 56.0 cm³/mol. The van der Waals surface area contributed by atoms with Gasteiger partial charge < -0.3 is 0 Å². The first-order valence-corrected chi connectivity index (χ1v) is 5.35. The fourth-order valence-electron chi connectivity index (χ4n) is 2.02. The number of carbonyl (C=O) groups excluding carboxylic acids is 2. The van der Waals surface area contributed by atoms with Crippen molar-refractivity contribution in [3.8, 4) is 0 Å². The second-order valence-electron chi connectivity index (χ2n) is 4.09. The molecule has 0 heterocycles. The van der Waals surface area contributed by atoms with E-state index in [0.29, 0.717) is 11.5 Å². The molecule has 1 rings (SSSR count). The summed E-state index contributed by atoms with van der Waals surface area (Å²) in [5.41, 5.74) is 0.400. The van der Waals surface area contributed by atoms with E-state index in [9.17, 15) is 9.59 Å². The van der Waals surface area contributed by atoms with Crippen molar-refractivity contribution in [3.05, 3.63) is 11.6 Å². The molecule has 0 atom stereocenters. The lowest BCUT2D eigenvalue weighted by atomic mass is 9.87. The largest absolute Gasteiger partial charge is 0.294 e. The summed E-state index contributed by atoms with van der Waals surface area (Å²) in [5, 5.41) is 0. The highest BCUT2D eigenvalue weighted by atomic mass is 16.1. The van der Waals surface area contributed by atoms with Crippen molar-refractivity contribution in [1.29, 1.82) is 0 Å². The van der Waals surface area contributed by atoms with Crippen molar-refractivity contribution in [2.24, 2.45) is 5.92 Å². The lowest BCUT2D eigenvalue weighted by molar-refractivity contribution is -0.119. The number of Topliss-reactive ketones (excluding diaryl/α,β-unsaturated/α-hetero) is 2. The SMILES string of the molecule is CC(=O)C(=CC1CCCCC1)C(C)=O. The highest BCUT2D eigenvalue weighted by molar-refractivity contribution is 6.18. The lowest BCUT2D eigenvalue weighted by Crippen LogP contribution is -2.11. The van der Waals surface area contributed by atoms with Crippen LogP contribution in [0.1, 0.15) is 46.0 Å². The lowest BCUT2D eigenvalue weighted by Gasteiger charge is -2.18.